The van der Waals surface area contributed by atoms with E-state index in [-0.39, 0.29) is 24.8 Å². The first-order valence-corrected chi connectivity index (χ1v) is 10.9. The number of hydrogen-bond acceptors (Lipinski definition) is 5. The molecule has 0 aliphatic carbocycles. The highest BCUT2D eigenvalue weighted by atomic mass is 35.5. The Bertz CT molecular complexity index is 947. The summed E-state index contributed by atoms with van der Waals surface area (Å²) in [4.78, 5) is 41.4. The van der Waals surface area contributed by atoms with Gasteiger partial charge in [-0.25, -0.2) is 4.98 Å². The highest BCUT2D eigenvalue weighted by molar-refractivity contribution is 6.29. The molecule has 32 heavy (non-hydrogen) atoms. The van der Waals surface area contributed by atoms with Crippen molar-refractivity contribution in [2.45, 2.75) is 38.3 Å². The van der Waals surface area contributed by atoms with Gasteiger partial charge in [0.05, 0.1) is 12.0 Å². The Hall–Kier alpha value is -3.19. The van der Waals surface area contributed by atoms with Gasteiger partial charge in [-0.2, -0.15) is 0 Å². The van der Waals surface area contributed by atoms with Crippen molar-refractivity contribution in [1.29, 1.82) is 0 Å². The number of aromatic nitrogens is 1. The molecule has 0 unspecified atom stereocenters. The number of carbonyl (C=O) groups excluding carboxylic acids is 3. The molecule has 0 saturated carbocycles. The van der Waals surface area contributed by atoms with Crippen LogP contribution in [0.1, 0.15) is 42.9 Å². The van der Waals surface area contributed by atoms with E-state index in [9.17, 15) is 14.4 Å². The van der Waals surface area contributed by atoms with Crippen LogP contribution in [0.3, 0.4) is 0 Å². The molecule has 0 saturated heterocycles. The number of amides is 2. The fraction of sp³-hybridized carbons (Fsp3) is 0.333. The van der Waals surface area contributed by atoms with Gasteiger partial charge < -0.3 is 15.4 Å². The summed E-state index contributed by atoms with van der Waals surface area (Å²) < 4.78 is 5.53. The average molecular weight is 456 g/mol. The predicted octanol–water partition coefficient (Wildman–Crippen LogP) is 3.50. The summed E-state index contributed by atoms with van der Waals surface area (Å²) in [6.45, 7) is 0.301. The summed E-state index contributed by atoms with van der Waals surface area (Å²) >= 11 is 5.77. The highest BCUT2D eigenvalue weighted by Gasteiger charge is 2.25. The highest BCUT2D eigenvalue weighted by Crippen LogP contribution is 2.18. The molecule has 168 valence electrons. The number of nitrogens with one attached hydrogen (secondary N) is 2. The van der Waals surface area contributed by atoms with Crippen molar-refractivity contribution >= 4 is 29.4 Å². The number of allylic oxidation sites excluding steroid dienone is 2. The standard InChI is InChI=1S/C24H26ClN3O4/c25-21-12-11-17(14-26-21)15-27-23(30)13-19-9-5-2-6-10-22(29)28-20(16-32-24(19)31)18-7-3-1-4-8-18/h1-5,7-8,11-12,14,19-20H,6,9-10,13,15-16H2,(H,27,30)(H,28,29)/t19-,20-/m0/s1. The zero-order chi connectivity index (χ0) is 22.8. The zero-order valence-corrected chi connectivity index (χ0v) is 18.4. The molecule has 1 aliphatic heterocycles. The summed E-state index contributed by atoms with van der Waals surface area (Å²) in [6.07, 6.45) is 6.55. The van der Waals surface area contributed by atoms with Gasteiger partial charge in [-0.3, -0.25) is 14.4 Å². The Morgan fingerprint density at radius 1 is 1.16 bits per heavy atom. The van der Waals surface area contributed by atoms with Crippen LogP contribution < -0.4 is 10.6 Å². The molecule has 2 aromatic rings. The van der Waals surface area contributed by atoms with Gasteiger partial charge in [0.15, 0.2) is 0 Å². The maximum atomic E-state index is 12.8. The van der Waals surface area contributed by atoms with E-state index in [1.807, 2.05) is 42.5 Å². The Labute approximate surface area is 192 Å². The number of carbonyl (C=O) groups is 3. The molecule has 7 nitrogen and oxygen atoms in total. The van der Waals surface area contributed by atoms with Crippen LogP contribution in [0.4, 0.5) is 0 Å². The molecule has 2 N–H and O–H groups in total. The number of pyridine rings is 1. The van der Waals surface area contributed by atoms with Crippen LogP contribution in [-0.4, -0.2) is 29.4 Å². The number of nitrogens with zero attached hydrogens (tertiary/aromatic N) is 1. The van der Waals surface area contributed by atoms with E-state index < -0.39 is 17.9 Å². The van der Waals surface area contributed by atoms with E-state index >= 15 is 0 Å². The van der Waals surface area contributed by atoms with Crippen LogP contribution in [0.25, 0.3) is 0 Å². The molecule has 1 aromatic heterocycles. The number of benzene rings is 1. The van der Waals surface area contributed by atoms with Crippen molar-refractivity contribution in [3.05, 3.63) is 77.1 Å². The lowest BCUT2D eigenvalue weighted by atomic mass is 9.99. The third kappa shape index (κ3) is 7.50. The number of ether oxygens (including phenoxy) is 1. The molecular weight excluding hydrogens is 430 g/mol. The van der Waals surface area contributed by atoms with Crippen molar-refractivity contribution in [2.75, 3.05) is 6.61 Å². The van der Waals surface area contributed by atoms with E-state index in [2.05, 4.69) is 15.6 Å². The van der Waals surface area contributed by atoms with Gasteiger partial charge in [0.1, 0.15) is 11.8 Å². The Morgan fingerprint density at radius 3 is 2.72 bits per heavy atom. The minimum absolute atomic E-state index is 0.00650. The Kier molecular flexibility index (Phi) is 8.80. The summed E-state index contributed by atoms with van der Waals surface area (Å²) in [7, 11) is 0. The number of rotatable bonds is 5. The third-order valence-corrected chi connectivity index (χ3v) is 5.32. The molecule has 3 rings (SSSR count). The van der Waals surface area contributed by atoms with Crippen LogP contribution in [0.5, 0.6) is 0 Å². The van der Waals surface area contributed by atoms with Crippen molar-refractivity contribution in [3.63, 3.8) is 0 Å². The first-order chi connectivity index (χ1) is 15.5. The minimum atomic E-state index is -0.610. The molecule has 0 spiro atoms. The molecule has 2 heterocycles. The lowest BCUT2D eigenvalue weighted by Gasteiger charge is -2.21. The van der Waals surface area contributed by atoms with Gasteiger partial charge in [0.25, 0.3) is 0 Å². The van der Waals surface area contributed by atoms with Gasteiger partial charge >= 0.3 is 5.97 Å². The van der Waals surface area contributed by atoms with Gasteiger partial charge in [0, 0.05) is 25.6 Å². The second-order valence-electron chi connectivity index (χ2n) is 7.57. The van der Waals surface area contributed by atoms with Crippen LogP contribution >= 0.6 is 11.6 Å². The number of hydrogen-bond donors (Lipinski definition) is 2. The van der Waals surface area contributed by atoms with Crippen LogP contribution in [-0.2, 0) is 25.7 Å². The summed E-state index contributed by atoms with van der Waals surface area (Å²) in [5.41, 5.74) is 1.66. The SMILES string of the molecule is O=C(C[C@@H]1CC=CCCC(=O)N[C@H](c2ccccc2)COC1=O)NCc1ccc(Cl)nc1. The molecule has 1 aliphatic rings. The fourth-order valence-corrected chi connectivity index (χ4v) is 3.43. The van der Waals surface area contributed by atoms with Gasteiger partial charge in [-0.1, -0.05) is 60.2 Å². The van der Waals surface area contributed by atoms with Crippen molar-refractivity contribution in [1.82, 2.24) is 15.6 Å². The second kappa shape index (κ2) is 12.0. The third-order valence-electron chi connectivity index (χ3n) is 5.10. The monoisotopic (exact) mass is 455 g/mol. The average Bonchev–Trinajstić information content (AvgIpc) is 2.80. The smallest absolute Gasteiger partial charge is 0.309 e. The maximum Gasteiger partial charge on any atom is 0.309 e. The van der Waals surface area contributed by atoms with E-state index in [4.69, 9.17) is 16.3 Å². The van der Waals surface area contributed by atoms with E-state index in [0.29, 0.717) is 31.0 Å². The second-order valence-corrected chi connectivity index (χ2v) is 7.96. The molecule has 8 heteroatoms. The molecular formula is C24H26ClN3O4. The summed E-state index contributed by atoms with van der Waals surface area (Å²) in [5, 5.41) is 6.11. The molecule has 2 amide bonds. The number of cyclic esters (lactones) is 1. The first-order valence-electron chi connectivity index (χ1n) is 10.5. The summed E-state index contributed by atoms with van der Waals surface area (Å²) in [5.74, 6) is -1.43. The van der Waals surface area contributed by atoms with Gasteiger partial charge in [-0.15, -0.1) is 0 Å². The molecule has 0 bridgehead atoms. The first kappa shape index (κ1) is 23.5. The number of esters is 1. The van der Waals surface area contributed by atoms with E-state index in [0.717, 1.165) is 11.1 Å². The van der Waals surface area contributed by atoms with Crippen LogP contribution in [0.15, 0.2) is 60.8 Å². The molecule has 0 fully saturated rings. The zero-order valence-electron chi connectivity index (χ0n) is 17.6. The maximum absolute atomic E-state index is 12.8. The Morgan fingerprint density at radius 2 is 1.97 bits per heavy atom. The van der Waals surface area contributed by atoms with Gasteiger partial charge in [0.2, 0.25) is 11.8 Å². The van der Waals surface area contributed by atoms with Gasteiger partial charge in [-0.05, 0) is 30.0 Å². The van der Waals surface area contributed by atoms with Crippen molar-refractivity contribution < 1.29 is 19.1 Å². The lowest BCUT2D eigenvalue weighted by Crippen LogP contribution is -2.34. The lowest BCUT2D eigenvalue weighted by molar-refractivity contribution is -0.151. The largest absolute Gasteiger partial charge is 0.463 e. The van der Waals surface area contributed by atoms with Crippen LogP contribution in [0.2, 0.25) is 5.15 Å². The molecule has 0 radical (unpaired) electrons. The van der Waals surface area contributed by atoms with E-state index in [1.54, 1.807) is 18.3 Å². The van der Waals surface area contributed by atoms with E-state index in [1.165, 1.54) is 0 Å². The van der Waals surface area contributed by atoms with Crippen molar-refractivity contribution in [2.24, 2.45) is 5.92 Å². The topological polar surface area (TPSA) is 97.4 Å². The minimum Gasteiger partial charge on any atom is -0.463 e. The summed E-state index contributed by atoms with van der Waals surface area (Å²) in [6, 6.07) is 12.4. The molecule has 1 aromatic carbocycles. The Balaban J connectivity index is 1.62. The fourth-order valence-electron chi connectivity index (χ4n) is 3.32. The quantitative estimate of drug-likeness (QED) is 0.408. The predicted molar refractivity (Wildman–Crippen MR) is 120 cm³/mol. The number of halogens is 1. The molecule has 2 atom stereocenters. The van der Waals surface area contributed by atoms with Crippen LogP contribution in [0, 0.1) is 5.92 Å². The van der Waals surface area contributed by atoms with Crippen molar-refractivity contribution in [3.8, 4) is 0 Å². The normalized spacial score (nSPS) is 19.8.